The van der Waals surface area contributed by atoms with E-state index in [-0.39, 0.29) is 19.8 Å². The van der Waals surface area contributed by atoms with E-state index in [9.17, 15) is 27.6 Å². The van der Waals surface area contributed by atoms with Crippen molar-refractivity contribution in [2.45, 2.75) is 12.2 Å². The lowest BCUT2D eigenvalue weighted by Gasteiger charge is -2.32. The van der Waals surface area contributed by atoms with E-state index >= 15 is 0 Å². The van der Waals surface area contributed by atoms with Gasteiger partial charge in [-0.15, -0.1) is 11.3 Å². The molecule has 2 heterocycles. The van der Waals surface area contributed by atoms with Gasteiger partial charge in [0.05, 0.1) is 11.4 Å². The Hall–Kier alpha value is -1.42. The number of hydrogen-bond donors (Lipinski definition) is 1. The van der Waals surface area contributed by atoms with E-state index in [1.807, 2.05) is 0 Å². The number of rotatable bonds is 1. The molecule has 0 bridgehead atoms. The molecule has 1 aromatic heterocycles. The first-order valence-electron chi connectivity index (χ1n) is 5.05. The number of carboxylic acids is 1. The van der Waals surface area contributed by atoms with Gasteiger partial charge in [-0.2, -0.15) is 13.2 Å². The monoisotopic (exact) mass is 371 g/mol. The van der Waals surface area contributed by atoms with Crippen LogP contribution in [0.15, 0.2) is 9.85 Å². The van der Waals surface area contributed by atoms with Crippen molar-refractivity contribution in [1.29, 1.82) is 0 Å². The van der Waals surface area contributed by atoms with Gasteiger partial charge in [-0.1, -0.05) is 0 Å². The number of nitrogens with zero attached hydrogens (tertiary/aromatic N) is 1. The molecule has 20 heavy (non-hydrogen) atoms. The number of carbonyl (C=O) groups is 3. The van der Waals surface area contributed by atoms with Crippen LogP contribution < -0.4 is 0 Å². The summed E-state index contributed by atoms with van der Waals surface area (Å²) in [5.41, 5.74) is -0.114. The van der Waals surface area contributed by atoms with Gasteiger partial charge >= 0.3 is 18.1 Å². The van der Waals surface area contributed by atoms with Crippen molar-refractivity contribution in [2.75, 3.05) is 6.54 Å². The van der Waals surface area contributed by atoms with Crippen LogP contribution in [0.5, 0.6) is 0 Å². The van der Waals surface area contributed by atoms with Crippen LogP contribution in [0.4, 0.5) is 13.2 Å². The lowest BCUT2D eigenvalue weighted by atomic mass is 9.99. The number of carboxylic acid groups (broad SMARTS) is 1. The minimum Gasteiger partial charge on any atom is -0.479 e. The van der Waals surface area contributed by atoms with Gasteiger partial charge in [0.15, 0.2) is 11.8 Å². The van der Waals surface area contributed by atoms with E-state index in [0.29, 0.717) is 0 Å². The van der Waals surface area contributed by atoms with Gasteiger partial charge in [-0.05, 0) is 15.9 Å². The quantitative estimate of drug-likeness (QED) is 0.821. The predicted octanol–water partition coefficient (Wildman–Crippen LogP) is 2.22. The van der Waals surface area contributed by atoms with E-state index in [1.165, 1.54) is 5.38 Å². The van der Waals surface area contributed by atoms with Crippen LogP contribution in [-0.4, -0.2) is 40.4 Å². The highest BCUT2D eigenvalue weighted by Gasteiger charge is 2.50. The summed E-state index contributed by atoms with van der Waals surface area (Å²) < 4.78 is 37.7. The van der Waals surface area contributed by atoms with Gasteiger partial charge in [-0.25, -0.2) is 4.79 Å². The Bertz CT molecular complexity index is 612. The number of aliphatic carboxylic acids is 1. The van der Waals surface area contributed by atoms with Crippen LogP contribution in [0.3, 0.4) is 0 Å². The fourth-order valence-corrected chi connectivity index (χ4v) is 3.62. The second kappa shape index (κ2) is 4.85. The van der Waals surface area contributed by atoms with Gasteiger partial charge in [0.1, 0.15) is 0 Å². The number of carbonyl (C=O) groups excluding carboxylic acids is 2. The fourth-order valence-electron chi connectivity index (χ4n) is 1.90. The molecule has 1 aliphatic heterocycles. The van der Waals surface area contributed by atoms with Crippen LogP contribution in [0.2, 0.25) is 0 Å². The van der Waals surface area contributed by atoms with Crippen LogP contribution in [-0.2, 0) is 9.59 Å². The van der Waals surface area contributed by atoms with Crippen molar-refractivity contribution in [1.82, 2.24) is 4.90 Å². The van der Waals surface area contributed by atoms with Gasteiger partial charge < -0.3 is 10.0 Å². The smallest absolute Gasteiger partial charge is 0.471 e. The summed E-state index contributed by atoms with van der Waals surface area (Å²) in [5, 5.41) is 10.5. The van der Waals surface area contributed by atoms with Crippen molar-refractivity contribution in [3.63, 3.8) is 0 Å². The van der Waals surface area contributed by atoms with Crippen molar-refractivity contribution in [3.8, 4) is 0 Å². The molecule has 0 saturated heterocycles. The molecule has 5 nitrogen and oxygen atoms in total. The summed E-state index contributed by atoms with van der Waals surface area (Å²) in [6.07, 6.45) is -5.24. The molecule has 0 aliphatic carbocycles. The summed E-state index contributed by atoms with van der Waals surface area (Å²) in [6.45, 7) is -0.907. The second-order valence-electron chi connectivity index (χ2n) is 3.92. The molecule has 0 saturated carbocycles. The first-order chi connectivity index (χ1) is 9.14. The van der Waals surface area contributed by atoms with Gasteiger partial charge in [0.25, 0.3) is 0 Å². The number of fused-ring (bicyclic) bond motifs is 1. The highest BCUT2D eigenvalue weighted by Crippen LogP contribution is 2.40. The Morgan fingerprint density at radius 3 is 2.55 bits per heavy atom. The Kier molecular flexibility index (Phi) is 3.63. The van der Waals surface area contributed by atoms with Crippen molar-refractivity contribution in [3.05, 3.63) is 20.3 Å². The largest absolute Gasteiger partial charge is 0.479 e. The van der Waals surface area contributed by atoms with Gasteiger partial charge in [0.2, 0.25) is 0 Å². The predicted molar refractivity (Wildman–Crippen MR) is 64.5 cm³/mol. The minimum atomic E-state index is -5.24. The molecule has 2 rings (SSSR count). The van der Waals surface area contributed by atoms with E-state index in [1.54, 1.807) is 0 Å². The molecule has 10 heteroatoms. The van der Waals surface area contributed by atoms with Crippen LogP contribution >= 0.6 is 27.3 Å². The number of ketones is 1. The number of Topliss-reactive ketones (excluding diaryl/α,β-unsaturated/α-hetero) is 1. The average molecular weight is 372 g/mol. The summed E-state index contributed by atoms with van der Waals surface area (Å²) in [4.78, 5) is 34.4. The van der Waals surface area contributed by atoms with E-state index in [4.69, 9.17) is 5.11 Å². The molecule has 1 atom stereocenters. The molecule has 1 N–H and O–H groups in total. The fraction of sp³-hybridized carbons (Fsp3) is 0.300. The molecule has 0 fully saturated rings. The minimum absolute atomic E-state index is 0.0322. The van der Waals surface area contributed by atoms with E-state index < -0.39 is 36.4 Å². The number of halogens is 4. The van der Waals surface area contributed by atoms with E-state index in [2.05, 4.69) is 15.9 Å². The van der Waals surface area contributed by atoms with Crippen LogP contribution in [0, 0.1) is 0 Å². The van der Waals surface area contributed by atoms with E-state index in [0.717, 1.165) is 11.3 Å². The first-order valence-corrected chi connectivity index (χ1v) is 6.72. The molecular weight excluding hydrogens is 367 g/mol. The third-order valence-electron chi connectivity index (χ3n) is 2.67. The molecule has 0 spiro atoms. The summed E-state index contributed by atoms with van der Waals surface area (Å²) >= 11 is 3.91. The molecule has 0 radical (unpaired) electrons. The summed E-state index contributed by atoms with van der Waals surface area (Å²) in [5.74, 6) is -4.69. The number of hydrogen-bond acceptors (Lipinski definition) is 4. The highest BCUT2D eigenvalue weighted by molar-refractivity contribution is 9.10. The number of amides is 1. The molecular formula is C10H5BrF3NO4S. The first kappa shape index (κ1) is 15.0. The highest BCUT2D eigenvalue weighted by atomic mass is 79.9. The summed E-state index contributed by atoms with van der Waals surface area (Å²) in [7, 11) is 0. The molecule has 1 aromatic rings. The molecule has 1 amide bonds. The SMILES string of the molecule is O=C1CN(C(=O)C(F)(F)F)C(C(=O)O)c2c(Br)csc21. The summed E-state index contributed by atoms with van der Waals surface area (Å²) in [6, 6.07) is -1.84. The molecule has 108 valence electrons. The van der Waals surface area contributed by atoms with Gasteiger partial charge in [-0.3, -0.25) is 9.59 Å². The maximum atomic E-state index is 12.5. The number of thiophene rings is 1. The third kappa shape index (κ3) is 2.33. The maximum absolute atomic E-state index is 12.5. The topological polar surface area (TPSA) is 74.7 Å². The Morgan fingerprint density at radius 2 is 2.05 bits per heavy atom. The Balaban J connectivity index is 2.56. The van der Waals surface area contributed by atoms with Crippen LogP contribution in [0.25, 0.3) is 0 Å². The standard InChI is InChI=1S/C10H5BrF3NO4S/c11-3-2-20-7-4(16)1-15(9(19)10(12,13)14)6(5(3)7)8(17)18/h2,6H,1H2,(H,17,18). The molecule has 1 aliphatic rings. The van der Waals surface area contributed by atoms with Crippen LogP contribution in [0.1, 0.15) is 21.3 Å². The van der Waals surface area contributed by atoms with Crippen molar-refractivity contribution < 1.29 is 32.7 Å². The van der Waals surface area contributed by atoms with Crippen molar-refractivity contribution >= 4 is 44.9 Å². The second-order valence-corrected chi connectivity index (χ2v) is 5.66. The average Bonchev–Trinajstić information content (AvgIpc) is 2.69. The Labute approximate surface area is 122 Å². The normalized spacial score (nSPS) is 18.9. The number of alkyl halides is 3. The van der Waals surface area contributed by atoms with Gasteiger partial charge in [0, 0.05) is 15.4 Å². The molecule has 0 aromatic carbocycles. The maximum Gasteiger partial charge on any atom is 0.471 e. The lowest BCUT2D eigenvalue weighted by molar-refractivity contribution is -0.189. The Morgan fingerprint density at radius 1 is 1.45 bits per heavy atom. The lowest BCUT2D eigenvalue weighted by Crippen LogP contribution is -2.50. The zero-order chi connectivity index (χ0) is 15.2. The molecule has 1 unspecified atom stereocenters. The zero-order valence-corrected chi connectivity index (χ0v) is 11.8. The third-order valence-corrected chi connectivity index (χ3v) is 4.67. The van der Waals surface area contributed by atoms with Crippen molar-refractivity contribution in [2.24, 2.45) is 0 Å². The zero-order valence-electron chi connectivity index (χ0n) is 9.40.